The summed E-state index contributed by atoms with van der Waals surface area (Å²) in [5.74, 6) is 0.705. The van der Waals surface area contributed by atoms with Crippen molar-refractivity contribution < 1.29 is 12.6 Å². The minimum atomic E-state index is -3.20. The van der Waals surface area contributed by atoms with E-state index in [0.717, 1.165) is 12.8 Å². The molecule has 3 fully saturated rings. The monoisotopic (exact) mass is 202 g/mol. The molecular formula is C9H14O3S. The van der Waals surface area contributed by atoms with E-state index >= 15 is 0 Å². The summed E-state index contributed by atoms with van der Waals surface area (Å²) in [6, 6.07) is 0. The van der Waals surface area contributed by atoms with Gasteiger partial charge in [0, 0.05) is 5.92 Å². The molecule has 3 nitrogen and oxygen atoms in total. The smallest absolute Gasteiger partial charge is 0.266 e. The van der Waals surface area contributed by atoms with Gasteiger partial charge in [0.05, 0.1) is 11.4 Å². The molecular weight excluding hydrogens is 188 g/mol. The van der Waals surface area contributed by atoms with Crippen LogP contribution in [0.4, 0.5) is 0 Å². The van der Waals surface area contributed by atoms with E-state index in [4.69, 9.17) is 4.18 Å². The maximum Gasteiger partial charge on any atom is 0.270 e. The number of fused-ring (bicyclic) bond motifs is 1. The molecule has 0 spiro atoms. The fourth-order valence-electron chi connectivity index (χ4n) is 3.53. The fourth-order valence-corrected chi connectivity index (χ4v) is 5.55. The van der Waals surface area contributed by atoms with Crippen LogP contribution in [0.15, 0.2) is 0 Å². The third kappa shape index (κ3) is 0.773. The van der Waals surface area contributed by atoms with Crippen molar-refractivity contribution in [2.45, 2.75) is 38.0 Å². The molecule has 13 heavy (non-hydrogen) atoms. The molecule has 0 radical (unpaired) electrons. The first-order valence-electron chi connectivity index (χ1n) is 4.86. The highest BCUT2D eigenvalue weighted by Gasteiger charge is 2.67. The second kappa shape index (κ2) is 1.96. The van der Waals surface area contributed by atoms with Gasteiger partial charge in [0.2, 0.25) is 0 Å². The third-order valence-electron chi connectivity index (χ3n) is 4.48. The molecule has 0 aromatic rings. The van der Waals surface area contributed by atoms with Crippen LogP contribution in [0.3, 0.4) is 0 Å². The molecule has 2 bridgehead atoms. The van der Waals surface area contributed by atoms with Gasteiger partial charge in [-0.3, -0.25) is 4.18 Å². The zero-order chi connectivity index (χ0) is 9.43. The van der Waals surface area contributed by atoms with E-state index < -0.39 is 10.1 Å². The van der Waals surface area contributed by atoms with Gasteiger partial charge < -0.3 is 0 Å². The highest BCUT2D eigenvalue weighted by atomic mass is 32.2. The third-order valence-corrected chi connectivity index (χ3v) is 6.23. The SMILES string of the molecule is CC1C2OS(=O)(=O)C3C[C@]1(C)CC23. The minimum absolute atomic E-state index is 0.00579. The van der Waals surface area contributed by atoms with Crippen LogP contribution in [-0.4, -0.2) is 19.8 Å². The van der Waals surface area contributed by atoms with Crippen molar-refractivity contribution >= 4 is 10.1 Å². The Labute approximate surface area is 78.6 Å². The molecule has 1 aliphatic heterocycles. The molecule has 2 aliphatic carbocycles. The molecule has 3 rings (SSSR count). The molecule has 5 atom stereocenters. The van der Waals surface area contributed by atoms with Crippen molar-refractivity contribution in [1.29, 1.82) is 0 Å². The van der Waals surface area contributed by atoms with Crippen LogP contribution in [0, 0.1) is 17.3 Å². The summed E-state index contributed by atoms with van der Waals surface area (Å²) in [6.45, 7) is 4.33. The molecule has 4 heteroatoms. The summed E-state index contributed by atoms with van der Waals surface area (Å²) in [5, 5.41) is -0.182. The first-order valence-corrected chi connectivity index (χ1v) is 6.33. The van der Waals surface area contributed by atoms with Crippen molar-refractivity contribution in [2.24, 2.45) is 17.3 Å². The van der Waals surface area contributed by atoms with Gasteiger partial charge in [-0.25, -0.2) is 0 Å². The van der Waals surface area contributed by atoms with Gasteiger partial charge in [0.15, 0.2) is 0 Å². The quantitative estimate of drug-likeness (QED) is 0.553. The first kappa shape index (κ1) is 8.24. The summed E-state index contributed by atoms with van der Waals surface area (Å²) in [5.41, 5.74) is 0.226. The molecule has 2 saturated carbocycles. The number of hydrogen-bond donors (Lipinski definition) is 0. The summed E-state index contributed by atoms with van der Waals surface area (Å²) < 4.78 is 28.3. The molecule has 3 aliphatic rings. The van der Waals surface area contributed by atoms with E-state index in [0.29, 0.717) is 11.8 Å². The Bertz CT molecular complexity index is 361. The van der Waals surface area contributed by atoms with Crippen LogP contribution in [0.1, 0.15) is 26.7 Å². The topological polar surface area (TPSA) is 43.4 Å². The lowest BCUT2D eigenvalue weighted by atomic mass is 9.76. The lowest BCUT2D eigenvalue weighted by Gasteiger charge is -2.29. The van der Waals surface area contributed by atoms with Crippen LogP contribution in [0.25, 0.3) is 0 Å². The average Bonchev–Trinajstić information content (AvgIpc) is 2.52. The molecule has 1 saturated heterocycles. The van der Waals surface area contributed by atoms with Crippen LogP contribution >= 0.6 is 0 Å². The summed E-state index contributed by atoms with van der Waals surface area (Å²) in [4.78, 5) is 0. The van der Waals surface area contributed by atoms with Crippen molar-refractivity contribution in [2.75, 3.05) is 0 Å². The summed E-state index contributed by atoms with van der Waals surface area (Å²) >= 11 is 0. The van der Waals surface area contributed by atoms with Gasteiger partial charge in [0.1, 0.15) is 0 Å². The molecule has 0 aromatic heterocycles. The highest BCUT2D eigenvalue weighted by Crippen LogP contribution is 2.63. The van der Waals surface area contributed by atoms with E-state index in [-0.39, 0.29) is 16.8 Å². The van der Waals surface area contributed by atoms with Gasteiger partial charge in [-0.1, -0.05) is 13.8 Å². The fraction of sp³-hybridized carbons (Fsp3) is 1.00. The van der Waals surface area contributed by atoms with Crippen molar-refractivity contribution in [3.63, 3.8) is 0 Å². The predicted molar refractivity (Wildman–Crippen MR) is 47.6 cm³/mol. The van der Waals surface area contributed by atoms with Crippen LogP contribution in [0.5, 0.6) is 0 Å². The van der Waals surface area contributed by atoms with E-state index in [1.807, 2.05) is 0 Å². The van der Waals surface area contributed by atoms with E-state index in [1.165, 1.54) is 0 Å². The van der Waals surface area contributed by atoms with E-state index in [1.54, 1.807) is 0 Å². The zero-order valence-electron chi connectivity index (χ0n) is 7.86. The number of rotatable bonds is 0. The largest absolute Gasteiger partial charge is 0.270 e. The maximum absolute atomic E-state index is 11.5. The Kier molecular flexibility index (Phi) is 1.24. The van der Waals surface area contributed by atoms with Gasteiger partial charge in [-0.05, 0) is 24.2 Å². The average molecular weight is 202 g/mol. The van der Waals surface area contributed by atoms with Gasteiger partial charge in [0.25, 0.3) is 10.1 Å². The minimum Gasteiger partial charge on any atom is -0.266 e. The van der Waals surface area contributed by atoms with Crippen LogP contribution < -0.4 is 0 Å². The molecule has 0 aromatic carbocycles. The molecule has 74 valence electrons. The van der Waals surface area contributed by atoms with Gasteiger partial charge in [-0.2, -0.15) is 8.42 Å². The normalized spacial score (nSPS) is 61.7. The standard InChI is InChI=1S/C9H14O3S/c1-5-8-6-3-9(5,2)4-7(6)13(10,11)12-8/h5-8H,3-4H2,1-2H3/t5?,6?,7?,8?,9-/m0/s1. The molecule has 0 N–H and O–H groups in total. The van der Waals surface area contributed by atoms with E-state index in [2.05, 4.69) is 13.8 Å². The van der Waals surface area contributed by atoms with Crippen LogP contribution in [-0.2, 0) is 14.3 Å². The predicted octanol–water partition coefficient (Wildman–Crippen LogP) is 1.15. The Morgan fingerprint density at radius 3 is 2.62 bits per heavy atom. The van der Waals surface area contributed by atoms with E-state index in [9.17, 15) is 8.42 Å². The zero-order valence-corrected chi connectivity index (χ0v) is 8.67. The Morgan fingerprint density at radius 2 is 2.08 bits per heavy atom. The summed E-state index contributed by atoms with van der Waals surface area (Å²) in [7, 11) is -3.20. The Morgan fingerprint density at radius 1 is 1.38 bits per heavy atom. The van der Waals surface area contributed by atoms with Gasteiger partial charge >= 0.3 is 0 Å². The Hall–Kier alpha value is -0.0900. The van der Waals surface area contributed by atoms with Crippen molar-refractivity contribution in [3.8, 4) is 0 Å². The van der Waals surface area contributed by atoms with Gasteiger partial charge in [-0.15, -0.1) is 0 Å². The Balaban J connectivity index is 2.14. The summed E-state index contributed by atoms with van der Waals surface area (Å²) in [6.07, 6.45) is 1.86. The second-order valence-electron chi connectivity index (χ2n) is 5.11. The highest BCUT2D eigenvalue weighted by molar-refractivity contribution is 7.87. The second-order valence-corrected chi connectivity index (χ2v) is 6.89. The van der Waals surface area contributed by atoms with Crippen molar-refractivity contribution in [1.82, 2.24) is 0 Å². The van der Waals surface area contributed by atoms with Crippen LogP contribution in [0.2, 0.25) is 0 Å². The molecule has 4 unspecified atom stereocenters. The van der Waals surface area contributed by atoms with Crippen molar-refractivity contribution in [3.05, 3.63) is 0 Å². The maximum atomic E-state index is 11.5. The first-order chi connectivity index (χ1) is 5.94. The molecule has 1 heterocycles. The molecule has 0 amide bonds. The lowest BCUT2D eigenvalue weighted by molar-refractivity contribution is 0.106. The number of hydrogen-bond acceptors (Lipinski definition) is 3. The lowest BCUT2D eigenvalue weighted by Crippen LogP contribution is -2.32.